The van der Waals surface area contributed by atoms with Gasteiger partial charge in [-0.1, -0.05) is 75.4 Å². The zero-order valence-corrected chi connectivity index (χ0v) is 16.6. The van der Waals surface area contributed by atoms with Gasteiger partial charge in [0.05, 0.1) is 0 Å². The van der Waals surface area contributed by atoms with E-state index in [0.29, 0.717) is 0 Å². The molecular formula is C17H30KO. The molecule has 105 valence electrons. The zero-order chi connectivity index (χ0) is 13.5. The summed E-state index contributed by atoms with van der Waals surface area (Å²) < 4.78 is 5.44. The quantitative estimate of drug-likeness (QED) is 0.483. The van der Waals surface area contributed by atoms with Crippen molar-refractivity contribution in [2.24, 2.45) is 0 Å². The van der Waals surface area contributed by atoms with Gasteiger partial charge < -0.3 is 4.74 Å². The summed E-state index contributed by atoms with van der Waals surface area (Å²) >= 11 is 0. The Bertz CT molecular complexity index is 241. The molecule has 0 saturated heterocycles. The Morgan fingerprint density at radius 2 is 1.26 bits per heavy atom. The first-order chi connectivity index (χ1) is 8.81. The largest absolute Gasteiger partial charge is 0.381 e. The van der Waals surface area contributed by atoms with Crippen LogP contribution in [0.3, 0.4) is 0 Å². The van der Waals surface area contributed by atoms with Gasteiger partial charge in [-0.3, -0.25) is 0 Å². The van der Waals surface area contributed by atoms with Gasteiger partial charge in [0.25, 0.3) is 0 Å². The molecule has 1 aromatic rings. The maximum Gasteiger partial charge on any atom is 0.0466 e. The fourth-order valence-corrected chi connectivity index (χ4v) is 1.54. The Kier molecular flexibility index (Phi) is 21.9. The minimum absolute atomic E-state index is 0. The van der Waals surface area contributed by atoms with Crippen LogP contribution in [-0.4, -0.2) is 64.6 Å². The molecule has 0 N–H and O–H groups in total. The summed E-state index contributed by atoms with van der Waals surface area (Å²) in [5.74, 6) is 0. The van der Waals surface area contributed by atoms with E-state index in [1.165, 1.54) is 44.1 Å². The van der Waals surface area contributed by atoms with Crippen molar-refractivity contribution in [2.45, 2.75) is 59.3 Å². The van der Waals surface area contributed by atoms with Crippen LogP contribution in [0.15, 0.2) is 30.3 Å². The van der Waals surface area contributed by atoms with Crippen molar-refractivity contribution < 1.29 is 4.74 Å². The first-order valence-electron chi connectivity index (χ1n) is 7.40. The topological polar surface area (TPSA) is 9.23 Å². The zero-order valence-electron chi connectivity index (χ0n) is 13.5. The minimum Gasteiger partial charge on any atom is -0.381 e. The number of rotatable bonds is 8. The van der Waals surface area contributed by atoms with Crippen LogP contribution in [0.5, 0.6) is 0 Å². The molecule has 0 amide bonds. The molecule has 0 aliphatic heterocycles. The van der Waals surface area contributed by atoms with E-state index in [1.54, 1.807) is 0 Å². The van der Waals surface area contributed by atoms with E-state index in [2.05, 4.69) is 32.9 Å². The fraction of sp³-hybridized carbons (Fsp3) is 0.647. The van der Waals surface area contributed by atoms with Gasteiger partial charge in [-0.05, 0) is 19.8 Å². The van der Waals surface area contributed by atoms with E-state index >= 15 is 0 Å². The Morgan fingerprint density at radius 3 is 1.58 bits per heavy atom. The number of hydrogen-bond donors (Lipinski definition) is 0. The molecule has 1 nitrogen and oxygen atoms in total. The van der Waals surface area contributed by atoms with Gasteiger partial charge >= 0.3 is 0 Å². The van der Waals surface area contributed by atoms with Crippen LogP contribution in [0.25, 0.3) is 0 Å². The van der Waals surface area contributed by atoms with Crippen LogP contribution >= 0.6 is 0 Å². The van der Waals surface area contributed by atoms with Crippen molar-refractivity contribution in [3.8, 4) is 0 Å². The van der Waals surface area contributed by atoms with Gasteiger partial charge in [0.1, 0.15) is 0 Å². The molecule has 0 saturated carbocycles. The van der Waals surface area contributed by atoms with Crippen LogP contribution < -0.4 is 0 Å². The fourth-order valence-electron chi connectivity index (χ4n) is 1.54. The monoisotopic (exact) mass is 289 g/mol. The van der Waals surface area contributed by atoms with Crippen molar-refractivity contribution in [3.05, 3.63) is 35.9 Å². The summed E-state index contributed by atoms with van der Waals surface area (Å²) in [5.41, 5.74) is 1.32. The first-order valence-corrected chi connectivity index (χ1v) is 7.40. The minimum atomic E-state index is 0. The van der Waals surface area contributed by atoms with Crippen molar-refractivity contribution in [2.75, 3.05) is 13.2 Å². The molecule has 0 spiro atoms. The van der Waals surface area contributed by atoms with Gasteiger partial charge in [0, 0.05) is 64.6 Å². The Hall–Kier alpha value is 0.816. The predicted octanol–water partition coefficient (Wildman–Crippen LogP) is 5.00. The molecule has 0 unspecified atom stereocenters. The van der Waals surface area contributed by atoms with Gasteiger partial charge in [-0.2, -0.15) is 0 Å². The van der Waals surface area contributed by atoms with Crippen LogP contribution in [0, 0.1) is 6.92 Å². The summed E-state index contributed by atoms with van der Waals surface area (Å²) in [5, 5.41) is 0. The summed E-state index contributed by atoms with van der Waals surface area (Å²) in [4.78, 5) is 0. The van der Waals surface area contributed by atoms with E-state index in [0.717, 1.165) is 13.2 Å². The summed E-state index contributed by atoms with van der Waals surface area (Å²) in [6, 6.07) is 10.3. The van der Waals surface area contributed by atoms with E-state index < -0.39 is 0 Å². The molecule has 0 aromatic heterocycles. The van der Waals surface area contributed by atoms with E-state index in [1.807, 2.05) is 18.2 Å². The van der Waals surface area contributed by atoms with Crippen molar-refractivity contribution >= 4 is 51.4 Å². The number of benzene rings is 1. The second-order valence-electron chi connectivity index (χ2n) is 4.68. The first kappa shape index (κ1) is 22.1. The van der Waals surface area contributed by atoms with Gasteiger partial charge in [-0.25, -0.2) is 0 Å². The number of aryl methyl sites for hydroxylation is 1. The van der Waals surface area contributed by atoms with E-state index in [4.69, 9.17) is 4.74 Å². The van der Waals surface area contributed by atoms with Crippen molar-refractivity contribution in [3.63, 3.8) is 0 Å². The molecule has 0 aliphatic rings. The molecule has 1 aromatic carbocycles. The molecule has 0 fully saturated rings. The number of hydrogen-bond acceptors (Lipinski definition) is 1. The Balaban J connectivity index is 0. The van der Waals surface area contributed by atoms with Crippen LogP contribution in [0.2, 0.25) is 0 Å². The van der Waals surface area contributed by atoms with Crippen LogP contribution in [0.4, 0.5) is 0 Å². The summed E-state index contributed by atoms with van der Waals surface area (Å²) in [6.45, 7) is 8.46. The Labute approximate surface area is 162 Å². The average Bonchev–Trinajstić information content (AvgIpc) is 2.39. The molecule has 0 bridgehead atoms. The maximum atomic E-state index is 5.44. The summed E-state index contributed by atoms with van der Waals surface area (Å²) in [7, 11) is 0. The second kappa shape index (κ2) is 18.8. The molecule has 0 atom stereocenters. The standard InChI is InChI=1S/C10H22O.C7H8.K/c1-3-5-7-9-11-10-8-6-4-2;1-7-5-3-2-4-6-7;/h3-10H2,1-2H3;2-6H,1H3;. The third-order valence-electron chi connectivity index (χ3n) is 2.72. The van der Waals surface area contributed by atoms with E-state index in [-0.39, 0.29) is 51.4 Å². The third-order valence-corrected chi connectivity index (χ3v) is 2.72. The smallest absolute Gasteiger partial charge is 0.0466 e. The number of unbranched alkanes of at least 4 members (excludes halogenated alkanes) is 4. The maximum absolute atomic E-state index is 5.44. The Morgan fingerprint density at radius 1 is 0.789 bits per heavy atom. The normalized spacial score (nSPS) is 9.21. The second-order valence-corrected chi connectivity index (χ2v) is 4.68. The van der Waals surface area contributed by atoms with Crippen molar-refractivity contribution in [1.82, 2.24) is 0 Å². The summed E-state index contributed by atoms with van der Waals surface area (Å²) in [6.07, 6.45) is 7.68. The average molecular weight is 290 g/mol. The molecular weight excluding hydrogens is 259 g/mol. The molecule has 1 radical (unpaired) electrons. The molecule has 1 rings (SSSR count). The third kappa shape index (κ3) is 18.8. The predicted molar refractivity (Wildman–Crippen MR) is 86.8 cm³/mol. The SMILES string of the molecule is CCCCCOCCCCC.Cc1ccccc1.[K]. The van der Waals surface area contributed by atoms with E-state index in [9.17, 15) is 0 Å². The van der Waals surface area contributed by atoms with Gasteiger partial charge in [0.15, 0.2) is 0 Å². The van der Waals surface area contributed by atoms with Gasteiger partial charge in [-0.15, -0.1) is 0 Å². The van der Waals surface area contributed by atoms with Crippen LogP contribution in [0.1, 0.15) is 57.9 Å². The molecule has 19 heavy (non-hydrogen) atoms. The number of ether oxygens (including phenoxy) is 1. The molecule has 2 heteroatoms. The van der Waals surface area contributed by atoms with Gasteiger partial charge in [0.2, 0.25) is 0 Å². The molecule has 0 aliphatic carbocycles. The molecule has 0 heterocycles. The van der Waals surface area contributed by atoms with Crippen molar-refractivity contribution in [1.29, 1.82) is 0 Å². The van der Waals surface area contributed by atoms with Crippen LogP contribution in [-0.2, 0) is 4.74 Å².